The normalized spacial score (nSPS) is 19.6. The predicted octanol–water partition coefficient (Wildman–Crippen LogP) is 2.67. The molecule has 0 unspecified atom stereocenters. The van der Waals surface area contributed by atoms with Gasteiger partial charge in [0.05, 0.1) is 6.10 Å². The van der Waals surface area contributed by atoms with Crippen molar-refractivity contribution in [2.45, 2.75) is 38.6 Å². The number of nitrogens with one attached hydrogen (secondary N) is 3. The number of carbonyl (C=O) groups excluding carboxylic acids is 1. The van der Waals surface area contributed by atoms with Crippen molar-refractivity contribution in [3.8, 4) is 0 Å². The maximum Gasteiger partial charge on any atom is 0.319 e. The highest BCUT2D eigenvalue weighted by atomic mass is 16.5. The zero-order valence-electron chi connectivity index (χ0n) is 14.4. The highest BCUT2D eigenvalue weighted by Gasteiger charge is 2.23. The molecule has 6 heteroatoms. The molecule has 1 fully saturated rings. The quantitative estimate of drug-likeness (QED) is 0.756. The molecule has 1 saturated heterocycles. The Bertz CT molecular complexity index is 693. The van der Waals surface area contributed by atoms with Crippen molar-refractivity contribution in [2.75, 3.05) is 11.9 Å². The highest BCUT2D eigenvalue weighted by Crippen LogP contribution is 2.15. The van der Waals surface area contributed by atoms with Gasteiger partial charge in [-0.3, -0.25) is 4.98 Å². The summed E-state index contributed by atoms with van der Waals surface area (Å²) in [7, 11) is 0. The summed E-state index contributed by atoms with van der Waals surface area (Å²) < 4.78 is 5.56. The zero-order chi connectivity index (χ0) is 17.5. The Hall–Kier alpha value is -2.44. The van der Waals surface area contributed by atoms with E-state index >= 15 is 0 Å². The number of anilines is 1. The molecule has 0 aliphatic carbocycles. The van der Waals surface area contributed by atoms with Crippen molar-refractivity contribution < 1.29 is 9.53 Å². The fraction of sp³-hybridized carbons (Fsp3) is 0.368. The van der Waals surface area contributed by atoms with Gasteiger partial charge < -0.3 is 20.7 Å². The van der Waals surface area contributed by atoms with Gasteiger partial charge >= 0.3 is 6.03 Å². The van der Waals surface area contributed by atoms with E-state index < -0.39 is 0 Å². The Kier molecular flexibility index (Phi) is 5.98. The first-order valence-electron chi connectivity index (χ1n) is 8.58. The van der Waals surface area contributed by atoms with Gasteiger partial charge in [-0.25, -0.2) is 4.79 Å². The third-order valence-corrected chi connectivity index (χ3v) is 4.33. The van der Waals surface area contributed by atoms with E-state index in [-0.39, 0.29) is 12.1 Å². The SMILES string of the molecule is C[C@H]1OCC[C@@H]1NCc1cccc(NC(=O)NCc2ccncc2)c1. The van der Waals surface area contributed by atoms with Gasteiger partial charge in [0.15, 0.2) is 0 Å². The lowest BCUT2D eigenvalue weighted by molar-refractivity contribution is 0.113. The van der Waals surface area contributed by atoms with E-state index in [0.29, 0.717) is 12.6 Å². The molecule has 2 amide bonds. The van der Waals surface area contributed by atoms with Crippen LogP contribution in [0, 0.1) is 0 Å². The van der Waals surface area contributed by atoms with Crippen molar-refractivity contribution in [1.29, 1.82) is 0 Å². The van der Waals surface area contributed by atoms with Gasteiger partial charge in [-0.05, 0) is 48.7 Å². The third-order valence-electron chi connectivity index (χ3n) is 4.33. The molecule has 1 aromatic carbocycles. The van der Waals surface area contributed by atoms with Crippen LogP contribution in [0.4, 0.5) is 10.5 Å². The molecule has 0 bridgehead atoms. The molecular formula is C19H24N4O2. The summed E-state index contributed by atoms with van der Waals surface area (Å²) in [6.45, 7) is 4.13. The Labute approximate surface area is 148 Å². The number of amides is 2. The van der Waals surface area contributed by atoms with Crippen LogP contribution in [-0.2, 0) is 17.8 Å². The van der Waals surface area contributed by atoms with Crippen molar-refractivity contribution in [2.24, 2.45) is 0 Å². The molecule has 132 valence electrons. The fourth-order valence-electron chi connectivity index (χ4n) is 2.87. The van der Waals surface area contributed by atoms with Crippen LogP contribution in [0.3, 0.4) is 0 Å². The second-order valence-electron chi connectivity index (χ2n) is 6.22. The number of urea groups is 1. The summed E-state index contributed by atoms with van der Waals surface area (Å²) in [5.41, 5.74) is 2.92. The lowest BCUT2D eigenvalue weighted by atomic mass is 10.1. The lowest BCUT2D eigenvalue weighted by Gasteiger charge is -2.16. The van der Waals surface area contributed by atoms with Gasteiger partial charge in [0.1, 0.15) is 0 Å². The van der Waals surface area contributed by atoms with E-state index in [4.69, 9.17) is 4.74 Å². The number of hydrogen-bond donors (Lipinski definition) is 3. The summed E-state index contributed by atoms with van der Waals surface area (Å²) in [6, 6.07) is 11.8. The topological polar surface area (TPSA) is 75.3 Å². The molecule has 2 heterocycles. The highest BCUT2D eigenvalue weighted by molar-refractivity contribution is 5.89. The summed E-state index contributed by atoms with van der Waals surface area (Å²) in [4.78, 5) is 16.0. The summed E-state index contributed by atoms with van der Waals surface area (Å²) >= 11 is 0. The summed E-state index contributed by atoms with van der Waals surface area (Å²) in [5.74, 6) is 0. The molecule has 0 saturated carbocycles. The van der Waals surface area contributed by atoms with E-state index in [0.717, 1.165) is 36.4 Å². The largest absolute Gasteiger partial charge is 0.377 e. The van der Waals surface area contributed by atoms with E-state index in [1.165, 1.54) is 0 Å². The minimum Gasteiger partial charge on any atom is -0.377 e. The summed E-state index contributed by atoms with van der Waals surface area (Å²) in [5, 5.41) is 9.23. The van der Waals surface area contributed by atoms with Crippen LogP contribution >= 0.6 is 0 Å². The van der Waals surface area contributed by atoms with Gasteiger partial charge in [0, 0.05) is 43.8 Å². The van der Waals surface area contributed by atoms with Gasteiger partial charge in [-0.1, -0.05) is 12.1 Å². The average molecular weight is 340 g/mol. The van der Waals surface area contributed by atoms with Gasteiger partial charge in [-0.15, -0.1) is 0 Å². The molecule has 1 aliphatic heterocycles. The van der Waals surface area contributed by atoms with Gasteiger partial charge in [0.2, 0.25) is 0 Å². The third kappa shape index (κ3) is 5.27. The Morgan fingerprint density at radius 3 is 2.80 bits per heavy atom. The number of carbonyl (C=O) groups is 1. The minimum atomic E-state index is -0.222. The Morgan fingerprint density at radius 2 is 2.04 bits per heavy atom. The van der Waals surface area contributed by atoms with Crippen molar-refractivity contribution in [3.63, 3.8) is 0 Å². The minimum absolute atomic E-state index is 0.222. The molecule has 3 N–H and O–H groups in total. The van der Waals surface area contributed by atoms with E-state index in [2.05, 4.69) is 27.9 Å². The van der Waals surface area contributed by atoms with Crippen molar-refractivity contribution in [1.82, 2.24) is 15.6 Å². The summed E-state index contributed by atoms with van der Waals surface area (Å²) in [6.07, 6.45) is 4.71. The Morgan fingerprint density at radius 1 is 1.20 bits per heavy atom. The van der Waals surface area contributed by atoms with Crippen LogP contribution < -0.4 is 16.0 Å². The van der Waals surface area contributed by atoms with Crippen LogP contribution in [0.25, 0.3) is 0 Å². The number of nitrogens with zero attached hydrogens (tertiary/aromatic N) is 1. The van der Waals surface area contributed by atoms with Gasteiger partial charge in [-0.2, -0.15) is 0 Å². The molecular weight excluding hydrogens is 316 g/mol. The average Bonchev–Trinajstić information content (AvgIpc) is 3.04. The number of aromatic nitrogens is 1. The maximum absolute atomic E-state index is 12.0. The van der Waals surface area contributed by atoms with E-state index in [1.54, 1.807) is 12.4 Å². The maximum atomic E-state index is 12.0. The van der Waals surface area contributed by atoms with Crippen LogP contribution in [0.15, 0.2) is 48.8 Å². The number of rotatable bonds is 6. The van der Waals surface area contributed by atoms with Crippen LogP contribution in [0.1, 0.15) is 24.5 Å². The molecule has 1 aromatic heterocycles. The fourth-order valence-corrected chi connectivity index (χ4v) is 2.87. The van der Waals surface area contributed by atoms with Gasteiger partial charge in [0.25, 0.3) is 0 Å². The monoisotopic (exact) mass is 340 g/mol. The van der Waals surface area contributed by atoms with Crippen LogP contribution in [0.2, 0.25) is 0 Å². The first-order valence-corrected chi connectivity index (χ1v) is 8.58. The standard InChI is InChI=1S/C19H24N4O2/c1-14-18(7-10-25-14)21-13-16-3-2-4-17(11-16)23-19(24)22-12-15-5-8-20-9-6-15/h2-6,8-9,11,14,18,21H,7,10,12-13H2,1H3,(H2,22,23,24)/t14-,18+/m1/s1. The van der Waals surface area contributed by atoms with E-state index in [9.17, 15) is 4.79 Å². The molecule has 2 atom stereocenters. The number of benzene rings is 1. The molecule has 0 radical (unpaired) electrons. The molecule has 25 heavy (non-hydrogen) atoms. The predicted molar refractivity (Wildman–Crippen MR) is 97.2 cm³/mol. The first kappa shape index (κ1) is 17.4. The molecule has 0 spiro atoms. The molecule has 3 rings (SSSR count). The number of ether oxygens (including phenoxy) is 1. The van der Waals surface area contributed by atoms with Crippen molar-refractivity contribution >= 4 is 11.7 Å². The zero-order valence-corrected chi connectivity index (χ0v) is 14.4. The second-order valence-corrected chi connectivity index (χ2v) is 6.22. The Balaban J connectivity index is 1.48. The molecule has 2 aromatic rings. The smallest absolute Gasteiger partial charge is 0.319 e. The van der Waals surface area contributed by atoms with Crippen molar-refractivity contribution in [3.05, 3.63) is 59.9 Å². The van der Waals surface area contributed by atoms with E-state index in [1.807, 2.05) is 36.4 Å². The molecule has 1 aliphatic rings. The molecule has 6 nitrogen and oxygen atoms in total. The second kappa shape index (κ2) is 8.60. The lowest BCUT2D eigenvalue weighted by Crippen LogP contribution is -2.34. The number of pyridine rings is 1. The number of hydrogen-bond acceptors (Lipinski definition) is 4. The van der Waals surface area contributed by atoms with Crippen LogP contribution in [-0.4, -0.2) is 29.8 Å². The van der Waals surface area contributed by atoms with Crippen LogP contribution in [0.5, 0.6) is 0 Å². The first-order chi connectivity index (χ1) is 12.2.